The summed E-state index contributed by atoms with van der Waals surface area (Å²) in [7, 11) is -3.35. The smallest absolute Gasteiger partial charge is 0.240 e. The van der Waals surface area contributed by atoms with Gasteiger partial charge in [-0.25, -0.2) is 8.42 Å². The monoisotopic (exact) mass is 268 g/mol. The van der Waals surface area contributed by atoms with Crippen LogP contribution in [0.15, 0.2) is 23.1 Å². The highest BCUT2D eigenvalue weighted by atomic mass is 32.2. The van der Waals surface area contributed by atoms with Gasteiger partial charge in [-0.15, -0.1) is 0 Å². The summed E-state index contributed by atoms with van der Waals surface area (Å²) in [6.07, 6.45) is 0. The van der Waals surface area contributed by atoms with Crippen LogP contribution in [0, 0.1) is 6.92 Å². The molecule has 2 N–H and O–H groups in total. The lowest BCUT2D eigenvalue weighted by molar-refractivity contribution is -0.117. The van der Waals surface area contributed by atoms with Gasteiger partial charge in [-0.05, 0) is 25.5 Å². The highest BCUT2D eigenvalue weighted by Crippen LogP contribution is 2.36. The number of hydrogen-bond acceptors (Lipinski definition) is 4. The Morgan fingerprint density at radius 3 is 2.78 bits per heavy atom. The Hall–Kier alpha value is -1.40. The molecule has 0 saturated heterocycles. The molecule has 5 nitrogen and oxygen atoms in total. The van der Waals surface area contributed by atoms with E-state index < -0.39 is 15.1 Å². The fraction of sp³-hybridized carbons (Fsp3) is 0.417. The molecule has 0 aliphatic carbocycles. The van der Waals surface area contributed by atoms with E-state index in [9.17, 15) is 13.2 Å². The highest BCUT2D eigenvalue weighted by Gasteiger charge is 2.37. The van der Waals surface area contributed by atoms with Crippen LogP contribution in [-0.4, -0.2) is 32.7 Å². The van der Waals surface area contributed by atoms with E-state index in [1.54, 1.807) is 32.0 Å². The number of hydrogen-bond donors (Lipinski definition) is 1. The van der Waals surface area contributed by atoms with Crippen LogP contribution >= 0.6 is 0 Å². The molecule has 1 unspecified atom stereocenters. The molecule has 1 amide bonds. The molecule has 0 spiro atoms. The van der Waals surface area contributed by atoms with Gasteiger partial charge in [-0.2, -0.15) is 0 Å². The minimum atomic E-state index is -3.35. The van der Waals surface area contributed by atoms with E-state index >= 15 is 0 Å². The predicted molar refractivity (Wildman–Crippen MR) is 69.2 cm³/mol. The Bertz CT molecular complexity index is 595. The van der Waals surface area contributed by atoms with Crippen molar-refractivity contribution in [2.45, 2.75) is 24.0 Å². The lowest BCUT2D eigenvalue weighted by Crippen LogP contribution is -2.46. The van der Waals surface area contributed by atoms with E-state index in [1.807, 2.05) is 0 Å². The third kappa shape index (κ3) is 1.81. The summed E-state index contributed by atoms with van der Waals surface area (Å²) < 4.78 is 24.5. The lowest BCUT2D eigenvalue weighted by Gasteiger charge is -2.33. The van der Waals surface area contributed by atoms with Gasteiger partial charge < -0.3 is 10.6 Å². The van der Waals surface area contributed by atoms with Crippen LogP contribution in [0.2, 0.25) is 0 Å². The normalized spacial score (nSPS) is 21.5. The number of anilines is 1. The van der Waals surface area contributed by atoms with Crippen LogP contribution in [-0.2, 0) is 14.6 Å². The molecule has 1 atom stereocenters. The molecule has 1 aliphatic rings. The molecule has 1 heterocycles. The van der Waals surface area contributed by atoms with Crippen molar-refractivity contribution < 1.29 is 13.2 Å². The number of carbonyl (C=O) groups is 1. The number of nitrogens with two attached hydrogens (primary N) is 1. The summed E-state index contributed by atoms with van der Waals surface area (Å²) in [5, 5.41) is -0.609. The topological polar surface area (TPSA) is 80.5 Å². The second kappa shape index (κ2) is 4.37. The molecule has 0 aromatic heterocycles. The molecular formula is C12H16N2O3S. The Kier molecular flexibility index (Phi) is 3.16. The van der Waals surface area contributed by atoms with E-state index in [1.165, 1.54) is 4.90 Å². The number of nitrogens with zero attached hydrogens (tertiary/aromatic N) is 1. The average Bonchev–Trinajstić information content (AvgIpc) is 2.33. The number of rotatable bonds is 1. The first-order valence-corrected chi connectivity index (χ1v) is 7.28. The summed E-state index contributed by atoms with van der Waals surface area (Å²) in [6, 6.07) is 5.03. The zero-order valence-electron chi connectivity index (χ0n) is 10.4. The largest absolute Gasteiger partial charge is 0.322 e. The van der Waals surface area contributed by atoms with Crippen LogP contribution in [0.4, 0.5) is 5.69 Å². The van der Waals surface area contributed by atoms with E-state index in [0.717, 1.165) is 5.56 Å². The van der Waals surface area contributed by atoms with Crippen molar-refractivity contribution in [3.63, 3.8) is 0 Å². The number of fused-ring (bicyclic) bond motifs is 1. The average molecular weight is 268 g/mol. The van der Waals surface area contributed by atoms with E-state index in [0.29, 0.717) is 5.69 Å². The molecule has 2 rings (SSSR count). The number of carbonyl (C=O) groups excluding carboxylic acids is 1. The third-order valence-electron chi connectivity index (χ3n) is 3.22. The summed E-state index contributed by atoms with van der Waals surface area (Å²) in [5.74, 6) is -0.257. The maximum atomic E-state index is 12.2. The Balaban J connectivity index is 2.70. The van der Waals surface area contributed by atoms with Crippen molar-refractivity contribution in [2.24, 2.45) is 5.73 Å². The number of aryl methyl sites for hydroxylation is 1. The maximum Gasteiger partial charge on any atom is 0.240 e. The molecule has 0 radical (unpaired) electrons. The van der Waals surface area contributed by atoms with Crippen molar-refractivity contribution in [1.29, 1.82) is 0 Å². The van der Waals surface area contributed by atoms with Gasteiger partial charge in [0.25, 0.3) is 0 Å². The van der Waals surface area contributed by atoms with Crippen molar-refractivity contribution in [3.8, 4) is 0 Å². The molecule has 0 bridgehead atoms. The summed E-state index contributed by atoms with van der Waals surface area (Å²) >= 11 is 0. The van der Waals surface area contributed by atoms with Crippen LogP contribution in [0.3, 0.4) is 0 Å². The number of para-hydroxylation sites is 1. The molecular weight excluding hydrogens is 252 g/mol. The van der Waals surface area contributed by atoms with Crippen molar-refractivity contribution in [1.82, 2.24) is 0 Å². The molecule has 1 aromatic carbocycles. The molecule has 18 heavy (non-hydrogen) atoms. The van der Waals surface area contributed by atoms with Crippen LogP contribution < -0.4 is 10.6 Å². The van der Waals surface area contributed by atoms with Gasteiger partial charge >= 0.3 is 0 Å². The molecule has 1 aromatic rings. The minimum absolute atomic E-state index is 0.124. The van der Waals surface area contributed by atoms with E-state index in [4.69, 9.17) is 5.73 Å². The zero-order chi connectivity index (χ0) is 13.5. The maximum absolute atomic E-state index is 12.2. The fourth-order valence-corrected chi connectivity index (χ4v) is 3.80. The van der Waals surface area contributed by atoms with Gasteiger partial charge in [0.05, 0.1) is 22.4 Å². The molecule has 98 valence electrons. The second-order valence-corrected chi connectivity index (χ2v) is 6.82. The first-order valence-electron chi connectivity index (χ1n) is 5.73. The van der Waals surface area contributed by atoms with E-state index in [2.05, 4.69) is 0 Å². The first-order chi connectivity index (χ1) is 8.39. The van der Waals surface area contributed by atoms with Crippen molar-refractivity contribution in [2.75, 3.05) is 18.0 Å². The third-order valence-corrected chi connectivity index (χ3v) is 5.37. The Morgan fingerprint density at radius 1 is 1.50 bits per heavy atom. The van der Waals surface area contributed by atoms with Crippen LogP contribution in [0.5, 0.6) is 0 Å². The summed E-state index contributed by atoms with van der Waals surface area (Å²) in [5.41, 5.74) is 6.63. The van der Waals surface area contributed by atoms with Crippen molar-refractivity contribution in [3.05, 3.63) is 23.8 Å². The van der Waals surface area contributed by atoms with Gasteiger partial charge in [-0.1, -0.05) is 12.1 Å². The van der Waals surface area contributed by atoms with Gasteiger partial charge in [0, 0.05) is 6.54 Å². The van der Waals surface area contributed by atoms with Gasteiger partial charge in [-0.3, -0.25) is 4.79 Å². The Morgan fingerprint density at radius 2 is 2.17 bits per heavy atom. The molecule has 6 heteroatoms. The Labute approximate surface area is 107 Å². The van der Waals surface area contributed by atoms with Crippen LogP contribution in [0.1, 0.15) is 12.5 Å². The summed E-state index contributed by atoms with van der Waals surface area (Å²) in [4.78, 5) is 13.6. The van der Waals surface area contributed by atoms with Gasteiger partial charge in [0.1, 0.15) is 0 Å². The van der Waals surface area contributed by atoms with Gasteiger partial charge in [0.2, 0.25) is 5.91 Å². The second-order valence-electron chi connectivity index (χ2n) is 4.49. The quantitative estimate of drug-likeness (QED) is 0.802. The molecule has 1 aliphatic heterocycles. The van der Waals surface area contributed by atoms with Gasteiger partial charge in [0.15, 0.2) is 9.84 Å². The predicted octanol–water partition coefficient (Wildman–Crippen LogP) is 0.463. The first kappa shape index (κ1) is 13.0. The minimum Gasteiger partial charge on any atom is -0.322 e. The number of benzene rings is 1. The van der Waals surface area contributed by atoms with Crippen molar-refractivity contribution >= 4 is 21.4 Å². The number of amides is 1. The number of sulfone groups is 1. The SMILES string of the molecule is Cc1cccc2c1N(C(=O)CN)CC(C)S2(=O)=O. The highest BCUT2D eigenvalue weighted by molar-refractivity contribution is 7.92. The lowest BCUT2D eigenvalue weighted by atomic mass is 10.1. The zero-order valence-corrected chi connectivity index (χ0v) is 11.2. The summed E-state index contributed by atoms with van der Waals surface area (Å²) in [6.45, 7) is 3.44. The fourth-order valence-electron chi connectivity index (χ4n) is 2.21. The van der Waals surface area contributed by atoms with E-state index in [-0.39, 0.29) is 23.9 Å². The van der Waals surface area contributed by atoms with Crippen LogP contribution in [0.25, 0.3) is 0 Å². The molecule has 0 fully saturated rings. The molecule has 0 saturated carbocycles. The standard InChI is InChI=1S/C12H16N2O3S/c1-8-4-3-5-10-12(8)14(11(15)6-13)7-9(2)18(10,16)17/h3-5,9H,6-7,13H2,1-2H3.